The third-order valence-corrected chi connectivity index (χ3v) is 8.06. The van der Waals surface area contributed by atoms with E-state index in [-0.39, 0.29) is 5.60 Å². The zero-order chi connectivity index (χ0) is 23.0. The maximum absolute atomic E-state index is 6.20. The molecule has 3 aromatic heterocycles. The lowest BCUT2D eigenvalue weighted by Gasteiger charge is -2.33. The molecule has 0 atom stereocenters. The van der Waals surface area contributed by atoms with Gasteiger partial charge in [-0.05, 0) is 37.3 Å². The van der Waals surface area contributed by atoms with Crippen LogP contribution in [0.5, 0.6) is 0 Å². The first kappa shape index (κ1) is 22.5. The van der Waals surface area contributed by atoms with Crippen LogP contribution in [0.15, 0.2) is 47.8 Å². The Kier molecular flexibility index (Phi) is 6.25. The molecule has 0 saturated carbocycles. The second-order valence-electron chi connectivity index (χ2n) is 9.60. The lowest BCUT2D eigenvalue weighted by molar-refractivity contribution is -0.0402. The number of hydrogen-bond acceptors (Lipinski definition) is 6. The van der Waals surface area contributed by atoms with Crippen LogP contribution in [0.4, 0.5) is 0 Å². The van der Waals surface area contributed by atoms with Crippen LogP contribution in [0.25, 0.3) is 26.5 Å². The number of ether oxygens (including phenoxy) is 1. The summed E-state index contributed by atoms with van der Waals surface area (Å²) in [5.74, 6) is 1.41. The molecule has 0 bridgehead atoms. The van der Waals surface area contributed by atoms with Crippen molar-refractivity contribution in [2.75, 3.05) is 5.75 Å². The number of hydrogen-bond donors (Lipinski definition) is 0. The average Bonchev–Trinajstić information content (AvgIpc) is 3.15. The van der Waals surface area contributed by atoms with E-state index in [1.807, 2.05) is 6.07 Å². The molecule has 4 heterocycles. The topological polar surface area (TPSA) is 47.9 Å². The van der Waals surface area contributed by atoms with E-state index in [4.69, 9.17) is 14.7 Å². The quantitative estimate of drug-likeness (QED) is 0.220. The third-order valence-electron chi connectivity index (χ3n) is 5.91. The number of benzene rings is 1. The smallest absolute Gasteiger partial charge is 0.126 e. The molecule has 0 saturated heterocycles. The van der Waals surface area contributed by atoms with Crippen molar-refractivity contribution in [1.29, 1.82) is 0 Å². The largest absolute Gasteiger partial charge is 0.370 e. The minimum Gasteiger partial charge on any atom is -0.370 e. The Bertz CT molecular complexity index is 1330. The van der Waals surface area contributed by atoms with Gasteiger partial charge in [-0.25, -0.2) is 15.0 Å². The molecule has 1 aliphatic rings. The molecule has 0 amide bonds. The summed E-state index contributed by atoms with van der Waals surface area (Å²) in [7, 11) is 0. The Balaban J connectivity index is 1.55. The summed E-state index contributed by atoms with van der Waals surface area (Å²) in [6.07, 6.45) is 7.91. The van der Waals surface area contributed by atoms with Crippen molar-refractivity contribution >= 4 is 49.6 Å². The first-order valence-electron chi connectivity index (χ1n) is 11.5. The molecule has 33 heavy (non-hydrogen) atoms. The lowest BCUT2D eigenvalue weighted by Crippen LogP contribution is -2.33. The van der Waals surface area contributed by atoms with Crippen LogP contribution in [-0.2, 0) is 24.2 Å². The highest BCUT2D eigenvalue weighted by Crippen LogP contribution is 2.43. The fourth-order valence-corrected chi connectivity index (χ4v) is 6.45. The van der Waals surface area contributed by atoms with Gasteiger partial charge in [0.15, 0.2) is 0 Å². The Morgan fingerprint density at radius 2 is 1.97 bits per heavy atom. The normalized spacial score (nSPS) is 15.7. The van der Waals surface area contributed by atoms with E-state index in [0.29, 0.717) is 12.5 Å². The van der Waals surface area contributed by atoms with Crippen molar-refractivity contribution in [2.45, 2.75) is 57.8 Å². The average molecular weight is 476 g/mol. The zero-order valence-corrected chi connectivity index (χ0v) is 21.2. The van der Waals surface area contributed by atoms with E-state index in [0.717, 1.165) is 38.7 Å². The molecule has 1 aromatic carbocycles. The summed E-state index contributed by atoms with van der Waals surface area (Å²) in [5.41, 5.74) is 5.90. The standard InChI is InChI=1S/C27H29N3OS2/c1-17(2)13-21-20-15-31-27(3,4)14-19(20)22-23-24(33-25(22)30-21)26(29-16-28-23)32-12-8-11-18-9-6-5-7-10-18/h5-11,16-17H,12-15H2,1-4H3. The first-order chi connectivity index (χ1) is 15.9. The van der Waals surface area contributed by atoms with E-state index in [2.05, 4.69) is 69.1 Å². The number of fused-ring (bicyclic) bond motifs is 5. The predicted octanol–water partition coefficient (Wildman–Crippen LogP) is 7.09. The van der Waals surface area contributed by atoms with Crippen molar-refractivity contribution in [3.05, 3.63) is 65.1 Å². The van der Waals surface area contributed by atoms with Crippen molar-refractivity contribution < 1.29 is 4.74 Å². The van der Waals surface area contributed by atoms with Gasteiger partial charge in [0.25, 0.3) is 0 Å². The highest BCUT2D eigenvalue weighted by Gasteiger charge is 2.31. The monoisotopic (exact) mass is 475 g/mol. The number of pyridine rings is 1. The molecule has 0 fully saturated rings. The molecular formula is C27H29N3OS2. The van der Waals surface area contributed by atoms with Crippen molar-refractivity contribution in [2.24, 2.45) is 5.92 Å². The van der Waals surface area contributed by atoms with Gasteiger partial charge in [0.2, 0.25) is 0 Å². The fourth-order valence-electron chi connectivity index (χ4n) is 4.39. The summed E-state index contributed by atoms with van der Waals surface area (Å²) in [6.45, 7) is 9.48. The van der Waals surface area contributed by atoms with Crippen LogP contribution in [0, 0.1) is 5.92 Å². The molecule has 1 aliphatic heterocycles. The van der Waals surface area contributed by atoms with Crippen LogP contribution in [0.1, 0.15) is 50.1 Å². The van der Waals surface area contributed by atoms with Gasteiger partial charge in [-0.15, -0.1) is 23.1 Å². The summed E-state index contributed by atoms with van der Waals surface area (Å²) in [6, 6.07) is 10.4. The SMILES string of the molecule is CC(C)Cc1nc2sc3c(SCC=Cc4ccccc4)ncnc3c2c2c1COC(C)(C)C2. The van der Waals surface area contributed by atoms with Gasteiger partial charge in [0.05, 0.1) is 22.4 Å². The molecule has 6 heteroatoms. The maximum Gasteiger partial charge on any atom is 0.126 e. The highest BCUT2D eigenvalue weighted by atomic mass is 32.2. The maximum atomic E-state index is 6.20. The molecule has 0 unspecified atom stereocenters. The van der Waals surface area contributed by atoms with Gasteiger partial charge in [-0.3, -0.25) is 0 Å². The summed E-state index contributed by atoms with van der Waals surface area (Å²) < 4.78 is 7.34. The Morgan fingerprint density at radius 3 is 2.76 bits per heavy atom. The van der Waals surface area contributed by atoms with E-state index >= 15 is 0 Å². The van der Waals surface area contributed by atoms with Gasteiger partial charge in [0.1, 0.15) is 16.2 Å². The van der Waals surface area contributed by atoms with Gasteiger partial charge >= 0.3 is 0 Å². The van der Waals surface area contributed by atoms with Crippen molar-refractivity contribution in [3.8, 4) is 0 Å². The van der Waals surface area contributed by atoms with E-state index in [1.165, 1.54) is 27.8 Å². The molecule has 0 spiro atoms. The summed E-state index contributed by atoms with van der Waals surface area (Å²) >= 11 is 3.49. The highest BCUT2D eigenvalue weighted by molar-refractivity contribution is 7.99. The second kappa shape index (κ2) is 9.16. The predicted molar refractivity (Wildman–Crippen MR) is 140 cm³/mol. The summed E-state index contributed by atoms with van der Waals surface area (Å²) in [5, 5.41) is 2.24. The van der Waals surface area contributed by atoms with Crippen LogP contribution in [0.2, 0.25) is 0 Å². The van der Waals surface area contributed by atoms with Gasteiger partial charge in [0, 0.05) is 28.8 Å². The minimum absolute atomic E-state index is 0.183. The Labute approximate surface area is 203 Å². The Morgan fingerprint density at radius 1 is 1.15 bits per heavy atom. The van der Waals surface area contributed by atoms with Crippen LogP contribution in [-0.4, -0.2) is 26.3 Å². The van der Waals surface area contributed by atoms with E-state index < -0.39 is 0 Å². The van der Waals surface area contributed by atoms with E-state index in [9.17, 15) is 0 Å². The Hall–Kier alpha value is -2.28. The zero-order valence-electron chi connectivity index (χ0n) is 19.6. The van der Waals surface area contributed by atoms with Gasteiger partial charge in [-0.1, -0.05) is 56.3 Å². The molecule has 0 radical (unpaired) electrons. The minimum atomic E-state index is -0.183. The molecule has 5 rings (SSSR count). The lowest BCUT2D eigenvalue weighted by atomic mass is 9.88. The molecule has 4 aromatic rings. The molecule has 170 valence electrons. The second-order valence-corrected chi connectivity index (χ2v) is 11.6. The number of thioether (sulfide) groups is 1. The number of aromatic nitrogens is 3. The first-order valence-corrected chi connectivity index (χ1v) is 13.3. The van der Waals surface area contributed by atoms with E-state index in [1.54, 1.807) is 29.4 Å². The summed E-state index contributed by atoms with van der Waals surface area (Å²) in [4.78, 5) is 15.6. The molecule has 4 nitrogen and oxygen atoms in total. The van der Waals surface area contributed by atoms with Crippen molar-refractivity contribution in [1.82, 2.24) is 15.0 Å². The molecular weight excluding hydrogens is 446 g/mol. The fraction of sp³-hybridized carbons (Fsp3) is 0.370. The van der Waals surface area contributed by atoms with Crippen LogP contribution in [0.3, 0.4) is 0 Å². The van der Waals surface area contributed by atoms with Crippen LogP contribution < -0.4 is 0 Å². The number of rotatable bonds is 6. The molecule has 0 aliphatic carbocycles. The van der Waals surface area contributed by atoms with Gasteiger partial charge in [-0.2, -0.15) is 0 Å². The molecule has 0 N–H and O–H groups in total. The van der Waals surface area contributed by atoms with Crippen molar-refractivity contribution in [3.63, 3.8) is 0 Å². The third kappa shape index (κ3) is 4.70. The number of thiophene rings is 1. The van der Waals surface area contributed by atoms with Crippen LogP contribution >= 0.6 is 23.1 Å². The van der Waals surface area contributed by atoms with Gasteiger partial charge < -0.3 is 4.74 Å². The number of nitrogens with zero attached hydrogens (tertiary/aromatic N) is 3.